The van der Waals surface area contributed by atoms with Gasteiger partial charge in [-0.2, -0.15) is 5.26 Å². The van der Waals surface area contributed by atoms with Gasteiger partial charge in [0, 0.05) is 29.1 Å². The van der Waals surface area contributed by atoms with E-state index in [9.17, 15) is 14.9 Å². The van der Waals surface area contributed by atoms with E-state index >= 15 is 0 Å². The van der Waals surface area contributed by atoms with E-state index in [2.05, 4.69) is 16.0 Å². The summed E-state index contributed by atoms with van der Waals surface area (Å²) in [5.41, 5.74) is 2.22. The van der Waals surface area contributed by atoms with Crippen LogP contribution >= 0.6 is 34.5 Å². The van der Waals surface area contributed by atoms with Gasteiger partial charge in [-0.1, -0.05) is 35.3 Å². The van der Waals surface area contributed by atoms with E-state index in [0.717, 1.165) is 37.4 Å². The van der Waals surface area contributed by atoms with Crippen LogP contribution in [-0.2, 0) is 22.4 Å². The number of carbonyl (C=O) groups excluding carboxylic acids is 2. The van der Waals surface area contributed by atoms with Crippen LogP contribution < -0.4 is 19.4 Å². The van der Waals surface area contributed by atoms with Crippen molar-refractivity contribution >= 4 is 52.3 Å². The smallest absolute Gasteiger partial charge is 0.414 e. The second kappa shape index (κ2) is 15.5. The van der Waals surface area contributed by atoms with E-state index in [1.807, 2.05) is 0 Å². The number of piperidine rings is 3. The minimum atomic E-state index is -0.781. The number of ether oxygens (including phenoxy) is 4. The molecule has 2 aromatic carbocycles. The number of fused-ring (bicyclic) bond motifs is 3. The van der Waals surface area contributed by atoms with Crippen molar-refractivity contribution in [2.24, 2.45) is 5.92 Å². The Balaban J connectivity index is 1.24. The molecular formula is C36H35Cl2N4O6S+. The molecule has 2 aromatic heterocycles. The first-order valence-electron chi connectivity index (χ1n) is 15.8. The van der Waals surface area contributed by atoms with Crippen LogP contribution in [-0.4, -0.2) is 56.9 Å². The van der Waals surface area contributed by atoms with Crippen LogP contribution in [0.4, 0.5) is 10.5 Å². The highest BCUT2D eigenvalue weighted by Crippen LogP contribution is 2.36. The number of hydrogen-bond donors (Lipinski definition) is 0. The summed E-state index contributed by atoms with van der Waals surface area (Å²) in [5.74, 6) is 0.783. The minimum Gasteiger partial charge on any atom is -0.493 e. The molecule has 0 saturated carbocycles. The van der Waals surface area contributed by atoms with E-state index in [0.29, 0.717) is 54.7 Å². The number of pyridine rings is 1. The molecule has 5 heterocycles. The number of thiophene rings is 1. The third-order valence-electron chi connectivity index (χ3n) is 8.95. The van der Waals surface area contributed by atoms with Gasteiger partial charge in [-0.05, 0) is 79.9 Å². The molecular weight excluding hydrogens is 687 g/mol. The fraction of sp³-hybridized carbons (Fsp3) is 0.333. The van der Waals surface area contributed by atoms with Gasteiger partial charge in [0.05, 0.1) is 32.4 Å². The summed E-state index contributed by atoms with van der Waals surface area (Å²) >= 11 is 14.2. The summed E-state index contributed by atoms with van der Waals surface area (Å²) in [4.78, 5) is 35.2. The average molecular weight is 723 g/mol. The van der Waals surface area contributed by atoms with Gasteiger partial charge in [0.1, 0.15) is 27.1 Å². The van der Waals surface area contributed by atoms with Gasteiger partial charge in [0.25, 0.3) is 0 Å². The van der Waals surface area contributed by atoms with Crippen molar-refractivity contribution in [2.45, 2.75) is 38.0 Å². The molecule has 3 aliphatic heterocycles. The maximum atomic E-state index is 13.7. The molecule has 3 saturated heterocycles. The van der Waals surface area contributed by atoms with Gasteiger partial charge in [-0.15, -0.1) is 11.3 Å². The SMILES string of the molecule is COc1ccc([C@H](Cc2c(Cl)c[nH+]cc2Cl)OC(=O)c2ccc(CN(C(=O)O[C@H]3CN4CCC3CC4)c3cccc(C#N)c3)s2)cc1OC. The van der Waals surface area contributed by atoms with Crippen LogP contribution in [0.5, 0.6) is 11.5 Å². The van der Waals surface area contributed by atoms with Crippen molar-refractivity contribution in [3.63, 3.8) is 0 Å². The largest absolute Gasteiger partial charge is 0.493 e. The Morgan fingerprint density at radius 2 is 1.80 bits per heavy atom. The Kier molecular flexibility index (Phi) is 10.9. The Labute approximate surface area is 298 Å². The summed E-state index contributed by atoms with van der Waals surface area (Å²) < 4.78 is 23.1. The molecule has 1 amide bonds. The third-order valence-corrected chi connectivity index (χ3v) is 10.7. The molecule has 0 unspecified atom stereocenters. The fourth-order valence-electron chi connectivity index (χ4n) is 6.30. The number of esters is 1. The topological polar surface area (TPSA) is 115 Å². The molecule has 49 heavy (non-hydrogen) atoms. The molecule has 7 rings (SSSR count). The number of anilines is 1. The second-order valence-corrected chi connectivity index (χ2v) is 13.9. The van der Waals surface area contributed by atoms with E-state index < -0.39 is 18.2 Å². The lowest BCUT2D eigenvalue weighted by Crippen LogP contribution is -2.53. The number of carbonyl (C=O) groups is 2. The average Bonchev–Trinajstić information content (AvgIpc) is 3.61. The number of aromatic amines is 1. The number of methoxy groups -OCH3 is 2. The second-order valence-electron chi connectivity index (χ2n) is 11.9. The van der Waals surface area contributed by atoms with Crippen LogP contribution in [0.15, 0.2) is 67.0 Å². The van der Waals surface area contributed by atoms with Crippen LogP contribution in [0.1, 0.15) is 50.2 Å². The summed E-state index contributed by atoms with van der Waals surface area (Å²) in [6, 6.07) is 17.7. The number of aromatic nitrogens is 1. The Hall–Kier alpha value is -4.34. The molecule has 0 spiro atoms. The van der Waals surface area contributed by atoms with Gasteiger partial charge in [0.2, 0.25) is 0 Å². The Bertz CT molecular complexity index is 1850. The van der Waals surface area contributed by atoms with E-state index in [-0.39, 0.29) is 19.1 Å². The number of hydrogen-bond acceptors (Lipinski definition) is 9. The normalized spacial score (nSPS) is 18.6. The maximum absolute atomic E-state index is 13.7. The summed E-state index contributed by atoms with van der Waals surface area (Å²) in [7, 11) is 3.08. The van der Waals surface area contributed by atoms with Gasteiger partial charge in [-0.3, -0.25) is 9.80 Å². The molecule has 4 aromatic rings. The van der Waals surface area contributed by atoms with Crippen molar-refractivity contribution in [3.05, 3.63) is 103 Å². The van der Waals surface area contributed by atoms with Crippen LogP contribution in [0.25, 0.3) is 0 Å². The van der Waals surface area contributed by atoms with E-state index in [1.54, 1.807) is 74.1 Å². The lowest BCUT2D eigenvalue weighted by atomic mass is 9.86. The zero-order chi connectivity index (χ0) is 34.5. The molecule has 3 aliphatic rings. The molecule has 13 heteroatoms. The first kappa shape index (κ1) is 34.5. The molecule has 254 valence electrons. The number of rotatable bonds is 11. The molecule has 2 atom stereocenters. The summed E-state index contributed by atoms with van der Waals surface area (Å²) in [5, 5.41) is 10.3. The van der Waals surface area contributed by atoms with Gasteiger partial charge in [-0.25, -0.2) is 14.6 Å². The highest BCUT2D eigenvalue weighted by atomic mass is 35.5. The van der Waals surface area contributed by atoms with Crippen LogP contribution in [0.2, 0.25) is 10.0 Å². The zero-order valence-corrected chi connectivity index (χ0v) is 29.3. The van der Waals surface area contributed by atoms with Crippen molar-refractivity contribution in [3.8, 4) is 17.6 Å². The molecule has 0 radical (unpaired) electrons. The Morgan fingerprint density at radius 3 is 2.47 bits per heavy atom. The fourth-order valence-corrected chi connectivity index (χ4v) is 7.71. The minimum absolute atomic E-state index is 0.137. The third kappa shape index (κ3) is 7.94. The summed E-state index contributed by atoms with van der Waals surface area (Å²) in [6.07, 6.45) is 3.96. The van der Waals surface area contributed by atoms with Crippen LogP contribution in [0, 0.1) is 17.2 Å². The monoisotopic (exact) mass is 721 g/mol. The number of H-pyrrole nitrogens is 1. The lowest BCUT2D eigenvalue weighted by molar-refractivity contribution is -0.377. The predicted molar refractivity (Wildman–Crippen MR) is 186 cm³/mol. The zero-order valence-electron chi connectivity index (χ0n) is 27.0. The first-order valence-corrected chi connectivity index (χ1v) is 17.4. The molecule has 3 fully saturated rings. The predicted octanol–water partition coefficient (Wildman–Crippen LogP) is 7.14. The van der Waals surface area contributed by atoms with Crippen molar-refractivity contribution in [1.29, 1.82) is 5.26 Å². The number of nitrogens with one attached hydrogen (secondary N) is 1. The highest BCUT2D eigenvalue weighted by molar-refractivity contribution is 7.14. The maximum Gasteiger partial charge on any atom is 0.414 e. The number of nitrogens with zero attached hydrogens (tertiary/aromatic N) is 3. The number of nitriles is 1. The van der Waals surface area contributed by atoms with Crippen molar-refractivity contribution in [1.82, 2.24) is 4.90 Å². The van der Waals surface area contributed by atoms with Gasteiger partial charge >= 0.3 is 12.1 Å². The molecule has 0 aliphatic carbocycles. The van der Waals surface area contributed by atoms with Crippen molar-refractivity contribution in [2.75, 3.05) is 38.8 Å². The quantitative estimate of drug-likeness (QED) is 0.150. The number of benzene rings is 2. The van der Waals surface area contributed by atoms with Gasteiger partial charge in [0.15, 0.2) is 23.9 Å². The van der Waals surface area contributed by atoms with Crippen molar-refractivity contribution < 1.29 is 33.5 Å². The lowest BCUT2D eigenvalue weighted by Gasteiger charge is -2.44. The van der Waals surface area contributed by atoms with E-state index in [1.165, 1.54) is 23.3 Å². The number of halogens is 2. The molecule has 2 bridgehead atoms. The highest BCUT2D eigenvalue weighted by Gasteiger charge is 2.37. The standard InChI is InChI=1S/C36H34Cl2N4O6S/c1-45-30-8-6-24(15-32(30)46-2)31(16-27-28(37)18-40-19-29(27)38)47-35(43)34-9-7-26(49-34)20-42(25-5-3-4-22(14-25)17-39)36(44)48-33-21-41-12-10-23(33)11-13-41/h3-9,14-15,18-19,23,31,33H,10-13,16,20-21H2,1-2H3/p+1/t31-,33-/m0/s1. The molecule has 1 N–H and O–H groups in total. The van der Waals surface area contributed by atoms with E-state index in [4.69, 9.17) is 42.1 Å². The number of amides is 1. The first-order chi connectivity index (χ1) is 23.8. The van der Waals surface area contributed by atoms with Crippen LogP contribution in [0.3, 0.4) is 0 Å². The van der Waals surface area contributed by atoms with Gasteiger partial charge < -0.3 is 18.9 Å². The molecule has 10 nitrogen and oxygen atoms in total. The Morgan fingerprint density at radius 1 is 1.04 bits per heavy atom. The summed E-state index contributed by atoms with van der Waals surface area (Å²) in [6.45, 7) is 2.91.